The number of benzene rings is 1. The van der Waals surface area contributed by atoms with Crippen LogP contribution in [0.1, 0.15) is 51.4 Å². The highest BCUT2D eigenvalue weighted by Crippen LogP contribution is 2.38. The summed E-state index contributed by atoms with van der Waals surface area (Å²) in [5.74, 6) is 1.08. The lowest BCUT2D eigenvalue weighted by molar-refractivity contribution is -0.116. The maximum Gasteiger partial charge on any atom is 0.226 e. The molecular weight excluding hydrogens is 446 g/mol. The second kappa shape index (κ2) is 9.66. The van der Waals surface area contributed by atoms with E-state index < -0.39 is 0 Å². The van der Waals surface area contributed by atoms with E-state index in [1.54, 1.807) is 0 Å². The normalized spacial score (nSPS) is 24.7. The van der Waals surface area contributed by atoms with Gasteiger partial charge in [0.25, 0.3) is 0 Å². The van der Waals surface area contributed by atoms with Crippen LogP contribution < -0.4 is 5.32 Å². The monoisotopic (exact) mass is 471 g/mol. The Balaban J connectivity index is 0.00000210. The largest absolute Gasteiger partial charge is 0.344 e. The molecule has 1 amide bonds. The van der Waals surface area contributed by atoms with E-state index in [0.717, 1.165) is 15.9 Å². The smallest absolute Gasteiger partial charge is 0.226 e. The summed E-state index contributed by atoms with van der Waals surface area (Å²) in [6.07, 6.45) is 9.49. The van der Waals surface area contributed by atoms with Gasteiger partial charge in [0.1, 0.15) is 0 Å². The summed E-state index contributed by atoms with van der Waals surface area (Å²) in [5.41, 5.74) is 0.859. The molecule has 0 bridgehead atoms. The number of halogens is 2. The van der Waals surface area contributed by atoms with E-state index in [4.69, 9.17) is 4.99 Å². The first kappa shape index (κ1) is 21.0. The van der Waals surface area contributed by atoms with E-state index in [9.17, 15) is 4.79 Å². The first-order chi connectivity index (χ1) is 12.7. The SMILES string of the molecule is Cl.O=C(CC1CS/C(=N\C2CCCCC2)N1C1CC1)Nc1ccc(Br)cc1. The average Bonchev–Trinajstić information content (AvgIpc) is 3.41. The van der Waals surface area contributed by atoms with Gasteiger partial charge < -0.3 is 10.2 Å². The van der Waals surface area contributed by atoms with E-state index in [1.807, 2.05) is 36.0 Å². The highest BCUT2D eigenvalue weighted by atomic mass is 79.9. The van der Waals surface area contributed by atoms with Crippen molar-refractivity contribution < 1.29 is 4.79 Å². The molecule has 27 heavy (non-hydrogen) atoms. The second-order valence-corrected chi connectivity index (χ2v) is 9.47. The number of carbonyl (C=O) groups excluding carboxylic acids is 1. The molecule has 3 fully saturated rings. The molecule has 1 heterocycles. The second-order valence-electron chi connectivity index (χ2n) is 7.57. The lowest BCUT2D eigenvalue weighted by Gasteiger charge is -2.27. The Labute approximate surface area is 180 Å². The van der Waals surface area contributed by atoms with Gasteiger partial charge in [0.05, 0.1) is 6.04 Å². The fourth-order valence-electron chi connectivity index (χ4n) is 3.88. The van der Waals surface area contributed by atoms with Gasteiger partial charge in [-0.15, -0.1) is 12.4 Å². The third-order valence-corrected chi connectivity index (χ3v) is 7.03. The van der Waals surface area contributed by atoms with Crippen LogP contribution in [0.2, 0.25) is 0 Å². The number of nitrogens with one attached hydrogen (secondary N) is 1. The fourth-order valence-corrected chi connectivity index (χ4v) is 5.43. The summed E-state index contributed by atoms with van der Waals surface area (Å²) in [5, 5.41) is 4.25. The van der Waals surface area contributed by atoms with Crippen LogP contribution in [0, 0.1) is 0 Å². The Morgan fingerprint density at radius 2 is 1.85 bits per heavy atom. The molecule has 1 saturated heterocycles. The van der Waals surface area contributed by atoms with E-state index in [1.165, 1.54) is 50.1 Å². The summed E-state index contributed by atoms with van der Waals surface area (Å²) >= 11 is 5.29. The molecule has 7 heteroatoms. The van der Waals surface area contributed by atoms with E-state index in [0.29, 0.717) is 18.5 Å². The number of amidine groups is 1. The summed E-state index contributed by atoms with van der Waals surface area (Å²) in [4.78, 5) is 20.1. The molecule has 0 spiro atoms. The molecule has 1 unspecified atom stereocenters. The summed E-state index contributed by atoms with van der Waals surface area (Å²) < 4.78 is 1.02. The number of nitrogens with zero attached hydrogens (tertiary/aromatic N) is 2. The van der Waals surface area contributed by atoms with Crippen molar-refractivity contribution in [3.8, 4) is 0 Å². The summed E-state index contributed by atoms with van der Waals surface area (Å²) in [6.45, 7) is 0. The minimum absolute atomic E-state index is 0. The number of thioether (sulfide) groups is 1. The quantitative estimate of drug-likeness (QED) is 0.618. The molecule has 1 aromatic carbocycles. The molecule has 4 nitrogen and oxygen atoms in total. The molecule has 3 aliphatic rings. The molecule has 2 aliphatic carbocycles. The van der Waals surface area contributed by atoms with Crippen molar-refractivity contribution >= 4 is 56.9 Å². The van der Waals surface area contributed by atoms with Crippen molar-refractivity contribution in [3.63, 3.8) is 0 Å². The van der Waals surface area contributed by atoms with Gasteiger partial charge in [-0.3, -0.25) is 9.79 Å². The molecule has 1 N–H and O–H groups in total. The zero-order valence-electron chi connectivity index (χ0n) is 15.4. The van der Waals surface area contributed by atoms with Crippen LogP contribution in [-0.2, 0) is 4.79 Å². The predicted octanol–water partition coefficient (Wildman–Crippen LogP) is 5.47. The van der Waals surface area contributed by atoms with Crippen LogP contribution in [-0.4, -0.2) is 39.9 Å². The van der Waals surface area contributed by atoms with Crippen molar-refractivity contribution in [2.75, 3.05) is 11.1 Å². The van der Waals surface area contributed by atoms with Gasteiger partial charge in [-0.1, -0.05) is 47.0 Å². The number of amides is 1. The molecule has 0 radical (unpaired) electrons. The van der Waals surface area contributed by atoms with E-state index >= 15 is 0 Å². The lowest BCUT2D eigenvalue weighted by atomic mass is 9.96. The zero-order valence-corrected chi connectivity index (χ0v) is 18.6. The van der Waals surface area contributed by atoms with Crippen molar-refractivity contribution in [2.45, 2.75) is 69.5 Å². The number of rotatable bonds is 5. The van der Waals surface area contributed by atoms with Crippen LogP contribution in [0.15, 0.2) is 33.7 Å². The maximum atomic E-state index is 12.5. The molecule has 1 aliphatic heterocycles. The van der Waals surface area contributed by atoms with Gasteiger partial charge in [-0.25, -0.2) is 0 Å². The topological polar surface area (TPSA) is 44.7 Å². The minimum Gasteiger partial charge on any atom is -0.344 e. The van der Waals surface area contributed by atoms with Crippen LogP contribution in [0.5, 0.6) is 0 Å². The van der Waals surface area contributed by atoms with Crippen molar-refractivity contribution in [1.29, 1.82) is 0 Å². The van der Waals surface area contributed by atoms with Crippen molar-refractivity contribution in [2.24, 2.45) is 4.99 Å². The summed E-state index contributed by atoms with van der Waals surface area (Å²) in [6, 6.07) is 9.16. The lowest BCUT2D eigenvalue weighted by Crippen LogP contribution is -2.38. The average molecular weight is 473 g/mol. The van der Waals surface area contributed by atoms with Crippen LogP contribution in [0.25, 0.3) is 0 Å². The maximum absolute atomic E-state index is 12.5. The Morgan fingerprint density at radius 3 is 2.52 bits per heavy atom. The number of anilines is 1. The van der Waals surface area contributed by atoms with Crippen LogP contribution in [0.4, 0.5) is 5.69 Å². The van der Waals surface area contributed by atoms with Gasteiger partial charge in [-0.2, -0.15) is 0 Å². The number of aliphatic imine (C=N–C) groups is 1. The standard InChI is InChI=1S/C20H26BrN3OS.ClH/c21-14-6-8-16(9-7-14)22-19(25)12-18-13-26-20(24(18)17-10-11-17)23-15-4-2-1-3-5-15;/h6-9,15,17-18H,1-5,10-13H2,(H,22,25);1H/b23-20-;. The fraction of sp³-hybridized carbons (Fsp3) is 0.600. The van der Waals surface area contributed by atoms with Gasteiger partial charge in [0, 0.05) is 34.4 Å². The molecule has 1 atom stereocenters. The Kier molecular flexibility index (Phi) is 7.51. The molecular formula is C20H27BrClN3OS. The first-order valence-corrected chi connectivity index (χ1v) is 11.5. The zero-order chi connectivity index (χ0) is 17.9. The van der Waals surface area contributed by atoms with Crippen LogP contribution in [0.3, 0.4) is 0 Å². The van der Waals surface area contributed by atoms with E-state index in [-0.39, 0.29) is 24.4 Å². The Hall–Kier alpha value is -0.720. The van der Waals surface area contributed by atoms with Crippen molar-refractivity contribution in [1.82, 2.24) is 4.90 Å². The van der Waals surface area contributed by atoms with E-state index in [2.05, 4.69) is 26.1 Å². The third-order valence-electron chi connectivity index (χ3n) is 5.38. The van der Waals surface area contributed by atoms with Gasteiger partial charge in [-0.05, 0) is 49.9 Å². The third kappa shape index (κ3) is 5.64. The highest BCUT2D eigenvalue weighted by Gasteiger charge is 2.41. The van der Waals surface area contributed by atoms with Crippen molar-refractivity contribution in [3.05, 3.63) is 28.7 Å². The highest BCUT2D eigenvalue weighted by molar-refractivity contribution is 9.10. The molecule has 0 aromatic heterocycles. The molecule has 1 aromatic rings. The Bertz CT molecular complexity index is 674. The Morgan fingerprint density at radius 1 is 1.15 bits per heavy atom. The van der Waals surface area contributed by atoms with Gasteiger partial charge in [0.15, 0.2) is 5.17 Å². The number of carbonyl (C=O) groups is 1. The molecule has 4 rings (SSSR count). The molecule has 148 valence electrons. The number of hydrogen-bond acceptors (Lipinski definition) is 3. The van der Waals surface area contributed by atoms with Crippen LogP contribution >= 0.6 is 40.1 Å². The minimum atomic E-state index is 0. The van der Waals surface area contributed by atoms with Gasteiger partial charge >= 0.3 is 0 Å². The molecule has 2 saturated carbocycles. The van der Waals surface area contributed by atoms with Gasteiger partial charge in [0.2, 0.25) is 5.91 Å². The number of hydrogen-bond donors (Lipinski definition) is 1. The predicted molar refractivity (Wildman–Crippen MR) is 120 cm³/mol. The summed E-state index contributed by atoms with van der Waals surface area (Å²) in [7, 11) is 0. The first-order valence-electron chi connectivity index (χ1n) is 9.73.